The monoisotopic (exact) mass is 309 g/mol. The predicted molar refractivity (Wildman–Crippen MR) is 82.1 cm³/mol. The van der Waals surface area contributed by atoms with Crippen LogP contribution in [0.4, 0.5) is 0 Å². The minimum atomic E-state index is -0.140. The van der Waals surface area contributed by atoms with Crippen LogP contribution in [-0.2, 0) is 6.54 Å². The summed E-state index contributed by atoms with van der Waals surface area (Å²) in [5.74, 6) is 0.512. The first-order valence-electron chi connectivity index (χ1n) is 5.99. The van der Waals surface area contributed by atoms with Gasteiger partial charge in [0.15, 0.2) is 0 Å². The van der Waals surface area contributed by atoms with E-state index in [1.807, 2.05) is 0 Å². The number of hydrogen-bond acceptors (Lipinski definition) is 3. The third-order valence-electron chi connectivity index (χ3n) is 2.90. The van der Waals surface area contributed by atoms with Crippen molar-refractivity contribution in [2.45, 2.75) is 20.4 Å². The molecule has 0 amide bonds. The average molecular weight is 310 g/mol. The van der Waals surface area contributed by atoms with Crippen LogP contribution in [0.15, 0.2) is 28.0 Å². The van der Waals surface area contributed by atoms with Gasteiger partial charge in [-0.2, -0.15) is 0 Å². The predicted octanol–water partition coefficient (Wildman–Crippen LogP) is 3.31. The molecule has 1 heterocycles. The van der Waals surface area contributed by atoms with E-state index in [0.29, 0.717) is 32.7 Å². The maximum Gasteiger partial charge on any atom is 0.254 e. The summed E-state index contributed by atoms with van der Waals surface area (Å²) in [6.07, 6.45) is 1.58. The van der Waals surface area contributed by atoms with Crippen molar-refractivity contribution in [3.63, 3.8) is 0 Å². The van der Waals surface area contributed by atoms with Gasteiger partial charge in [-0.3, -0.25) is 9.79 Å². The molecule has 0 spiro atoms. The number of aromatic amines is 1. The standard InChI is InChI=1S/C14H13Cl2N3O/c1-8-9(2)18-13(19-14(8)20)7-17-6-10-11(15)4-3-5-12(10)16/h3-6H,7H2,1-2H3,(H,18,19,20). The Morgan fingerprint density at radius 3 is 2.55 bits per heavy atom. The van der Waals surface area contributed by atoms with Crippen molar-refractivity contribution in [2.75, 3.05) is 0 Å². The number of aliphatic imine (C=N–C) groups is 1. The van der Waals surface area contributed by atoms with Crippen molar-refractivity contribution in [3.8, 4) is 0 Å². The molecule has 0 unspecified atom stereocenters. The molecule has 2 aromatic rings. The highest BCUT2D eigenvalue weighted by Gasteiger charge is 2.04. The van der Waals surface area contributed by atoms with Crippen LogP contribution in [0.3, 0.4) is 0 Å². The van der Waals surface area contributed by atoms with E-state index in [-0.39, 0.29) is 12.1 Å². The Kier molecular flexibility index (Phi) is 4.57. The molecule has 0 aliphatic rings. The van der Waals surface area contributed by atoms with E-state index in [1.54, 1.807) is 38.3 Å². The first kappa shape index (κ1) is 14.8. The number of nitrogens with one attached hydrogen (secondary N) is 1. The second-order valence-corrected chi connectivity index (χ2v) is 5.14. The molecule has 104 valence electrons. The summed E-state index contributed by atoms with van der Waals surface area (Å²) in [6, 6.07) is 5.25. The highest BCUT2D eigenvalue weighted by molar-refractivity contribution is 6.38. The van der Waals surface area contributed by atoms with Gasteiger partial charge in [0, 0.05) is 23.0 Å². The zero-order valence-corrected chi connectivity index (χ0v) is 12.6. The molecule has 0 atom stereocenters. The number of H-pyrrole nitrogens is 1. The molecule has 1 aromatic heterocycles. The van der Waals surface area contributed by atoms with Crippen molar-refractivity contribution >= 4 is 29.4 Å². The first-order valence-corrected chi connectivity index (χ1v) is 6.75. The van der Waals surface area contributed by atoms with Crippen LogP contribution in [0.2, 0.25) is 10.0 Å². The van der Waals surface area contributed by atoms with Crippen LogP contribution in [0.1, 0.15) is 22.6 Å². The number of nitrogens with zero attached hydrogens (tertiary/aromatic N) is 2. The van der Waals surface area contributed by atoms with Gasteiger partial charge in [-0.05, 0) is 26.0 Å². The van der Waals surface area contributed by atoms with Crippen LogP contribution in [0.5, 0.6) is 0 Å². The highest BCUT2D eigenvalue weighted by Crippen LogP contribution is 2.22. The minimum absolute atomic E-state index is 0.140. The zero-order chi connectivity index (χ0) is 14.7. The van der Waals surface area contributed by atoms with Gasteiger partial charge in [0.05, 0.1) is 16.6 Å². The van der Waals surface area contributed by atoms with Gasteiger partial charge in [0.25, 0.3) is 5.56 Å². The van der Waals surface area contributed by atoms with Crippen LogP contribution in [-0.4, -0.2) is 16.2 Å². The first-order chi connectivity index (χ1) is 9.49. The summed E-state index contributed by atoms with van der Waals surface area (Å²) in [5, 5.41) is 1.06. The third kappa shape index (κ3) is 3.26. The topological polar surface area (TPSA) is 58.1 Å². The van der Waals surface area contributed by atoms with Crippen molar-refractivity contribution in [3.05, 3.63) is 61.2 Å². The molecule has 0 bridgehead atoms. The SMILES string of the molecule is Cc1nc(CN=Cc2c(Cl)cccc2Cl)[nH]c(=O)c1C. The second kappa shape index (κ2) is 6.20. The molecule has 0 saturated heterocycles. The summed E-state index contributed by atoms with van der Waals surface area (Å²) >= 11 is 12.1. The number of halogens is 2. The second-order valence-electron chi connectivity index (χ2n) is 4.33. The molecule has 0 radical (unpaired) electrons. The lowest BCUT2D eigenvalue weighted by Crippen LogP contribution is -2.16. The molecule has 1 N–H and O–H groups in total. The van der Waals surface area contributed by atoms with Crippen molar-refractivity contribution in [1.82, 2.24) is 9.97 Å². The zero-order valence-electron chi connectivity index (χ0n) is 11.1. The van der Waals surface area contributed by atoms with Crippen LogP contribution >= 0.6 is 23.2 Å². The average Bonchev–Trinajstić information content (AvgIpc) is 2.39. The fraction of sp³-hybridized carbons (Fsp3) is 0.214. The quantitative estimate of drug-likeness (QED) is 0.884. The van der Waals surface area contributed by atoms with Crippen molar-refractivity contribution in [2.24, 2.45) is 4.99 Å². The number of aryl methyl sites for hydroxylation is 1. The van der Waals surface area contributed by atoms with E-state index >= 15 is 0 Å². The molecule has 1 aromatic carbocycles. The summed E-state index contributed by atoms with van der Waals surface area (Å²) in [7, 11) is 0. The van der Waals surface area contributed by atoms with Gasteiger partial charge in [0.2, 0.25) is 0 Å². The van der Waals surface area contributed by atoms with Gasteiger partial charge in [-0.1, -0.05) is 29.3 Å². The van der Waals surface area contributed by atoms with Crippen molar-refractivity contribution in [1.29, 1.82) is 0 Å². The largest absolute Gasteiger partial charge is 0.309 e. The number of hydrogen-bond donors (Lipinski definition) is 1. The number of aromatic nitrogens is 2. The molecule has 0 aliphatic heterocycles. The highest BCUT2D eigenvalue weighted by atomic mass is 35.5. The minimum Gasteiger partial charge on any atom is -0.309 e. The summed E-state index contributed by atoms with van der Waals surface area (Å²) in [5.41, 5.74) is 1.84. The van der Waals surface area contributed by atoms with E-state index in [4.69, 9.17) is 23.2 Å². The summed E-state index contributed by atoms with van der Waals surface area (Å²) in [4.78, 5) is 22.8. The summed E-state index contributed by atoms with van der Waals surface area (Å²) < 4.78 is 0. The van der Waals surface area contributed by atoms with Gasteiger partial charge in [-0.25, -0.2) is 4.98 Å². The molecule has 6 heteroatoms. The molecule has 2 rings (SSSR count). The van der Waals surface area contributed by atoms with Crippen molar-refractivity contribution < 1.29 is 0 Å². The van der Waals surface area contributed by atoms with Gasteiger partial charge in [0.1, 0.15) is 5.82 Å². The normalized spacial score (nSPS) is 11.2. The Bertz CT molecular complexity index is 703. The molecule has 0 aliphatic carbocycles. The van der Waals surface area contributed by atoms with Crippen LogP contribution < -0.4 is 5.56 Å². The maximum atomic E-state index is 11.6. The lowest BCUT2D eigenvalue weighted by atomic mass is 10.2. The van der Waals surface area contributed by atoms with Gasteiger partial charge < -0.3 is 4.98 Å². The maximum absolute atomic E-state index is 11.6. The van der Waals surface area contributed by atoms with E-state index in [2.05, 4.69) is 15.0 Å². The molecule has 0 saturated carbocycles. The van der Waals surface area contributed by atoms with E-state index in [9.17, 15) is 4.79 Å². The third-order valence-corrected chi connectivity index (χ3v) is 3.56. The summed E-state index contributed by atoms with van der Waals surface area (Å²) in [6.45, 7) is 3.79. The molecule has 4 nitrogen and oxygen atoms in total. The fourth-order valence-electron chi connectivity index (χ4n) is 1.64. The Morgan fingerprint density at radius 1 is 1.30 bits per heavy atom. The van der Waals surface area contributed by atoms with Gasteiger partial charge >= 0.3 is 0 Å². The number of rotatable bonds is 3. The van der Waals surface area contributed by atoms with Crippen LogP contribution in [0.25, 0.3) is 0 Å². The van der Waals surface area contributed by atoms with E-state index in [1.165, 1.54) is 0 Å². The molecule has 20 heavy (non-hydrogen) atoms. The Morgan fingerprint density at radius 2 is 1.95 bits per heavy atom. The lowest BCUT2D eigenvalue weighted by molar-refractivity contribution is 0.865. The Hall–Kier alpha value is -1.65. The van der Waals surface area contributed by atoms with E-state index in [0.717, 1.165) is 0 Å². The van der Waals surface area contributed by atoms with Crippen LogP contribution in [0, 0.1) is 13.8 Å². The Balaban J connectivity index is 2.21. The molecular formula is C14H13Cl2N3O. The fourth-order valence-corrected chi connectivity index (χ4v) is 2.13. The molecular weight excluding hydrogens is 297 g/mol. The van der Waals surface area contributed by atoms with Gasteiger partial charge in [-0.15, -0.1) is 0 Å². The lowest BCUT2D eigenvalue weighted by Gasteiger charge is -2.02. The number of benzene rings is 1. The van der Waals surface area contributed by atoms with E-state index < -0.39 is 0 Å². The smallest absolute Gasteiger partial charge is 0.254 e. The molecule has 0 fully saturated rings. The Labute approximate surface area is 126 Å².